The predicted molar refractivity (Wildman–Crippen MR) is 89.4 cm³/mol. The van der Waals surface area contributed by atoms with Crippen molar-refractivity contribution in [1.29, 1.82) is 0 Å². The highest BCUT2D eigenvalue weighted by Gasteiger charge is 2.11. The van der Waals surface area contributed by atoms with Crippen LogP contribution in [0.3, 0.4) is 0 Å². The van der Waals surface area contributed by atoms with Crippen molar-refractivity contribution < 1.29 is 4.39 Å². The molecule has 1 N–H and O–H groups in total. The van der Waals surface area contributed by atoms with Crippen LogP contribution in [0.15, 0.2) is 18.2 Å². The number of benzene rings is 1. The van der Waals surface area contributed by atoms with Crippen molar-refractivity contribution in [2.45, 2.75) is 39.3 Å². The van der Waals surface area contributed by atoms with Gasteiger partial charge in [-0.2, -0.15) is 0 Å². The van der Waals surface area contributed by atoms with Crippen LogP contribution in [-0.2, 0) is 6.54 Å². The van der Waals surface area contributed by atoms with E-state index in [-0.39, 0.29) is 11.4 Å². The van der Waals surface area contributed by atoms with E-state index < -0.39 is 0 Å². The molecule has 21 heavy (non-hydrogen) atoms. The number of rotatable bonds is 7. The molecule has 0 unspecified atom stereocenters. The van der Waals surface area contributed by atoms with Crippen LogP contribution in [0.5, 0.6) is 0 Å². The summed E-state index contributed by atoms with van der Waals surface area (Å²) in [4.78, 5) is 4.13. The molecule has 120 valence electrons. The Morgan fingerprint density at radius 3 is 2.29 bits per heavy atom. The molecular formula is C17H30FN3. The van der Waals surface area contributed by atoms with Crippen LogP contribution in [0.2, 0.25) is 0 Å². The van der Waals surface area contributed by atoms with E-state index in [1.54, 1.807) is 6.07 Å². The molecule has 1 aromatic carbocycles. The van der Waals surface area contributed by atoms with E-state index in [1.807, 2.05) is 24.1 Å². The van der Waals surface area contributed by atoms with E-state index in [9.17, 15) is 4.39 Å². The standard InChI is InChI=1S/C17H30FN3/c1-17(2,3)19-13-14-8-9-16(15(18)12-14)21(6)11-7-10-20(4)5/h8-9,12,19H,7,10-11,13H2,1-6H3. The average molecular weight is 295 g/mol. The van der Waals surface area contributed by atoms with Crippen molar-refractivity contribution >= 4 is 5.69 Å². The third-order valence-electron chi connectivity index (χ3n) is 3.35. The van der Waals surface area contributed by atoms with Gasteiger partial charge in [0.2, 0.25) is 0 Å². The Kier molecular flexibility index (Phi) is 6.62. The lowest BCUT2D eigenvalue weighted by molar-refractivity contribution is 0.401. The SMILES string of the molecule is CN(C)CCCN(C)c1ccc(CNC(C)(C)C)cc1F. The van der Waals surface area contributed by atoms with Crippen molar-refractivity contribution in [3.05, 3.63) is 29.6 Å². The lowest BCUT2D eigenvalue weighted by Gasteiger charge is -2.23. The quantitative estimate of drug-likeness (QED) is 0.834. The van der Waals surface area contributed by atoms with Crippen molar-refractivity contribution in [3.63, 3.8) is 0 Å². The molecule has 0 bridgehead atoms. The molecule has 0 aliphatic carbocycles. The normalized spacial score (nSPS) is 12.0. The van der Waals surface area contributed by atoms with Crippen molar-refractivity contribution in [2.75, 3.05) is 39.1 Å². The Bertz CT molecular complexity index is 438. The highest BCUT2D eigenvalue weighted by Crippen LogP contribution is 2.20. The van der Waals surface area contributed by atoms with Crippen LogP contribution in [-0.4, -0.2) is 44.7 Å². The predicted octanol–water partition coefficient (Wildman–Crippen LogP) is 3.10. The first kappa shape index (κ1) is 17.9. The maximum Gasteiger partial charge on any atom is 0.146 e. The van der Waals surface area contributed by atoms with Crippen molar-refractivity contribution in [2.24, 2.45) is 0 Å². The van der Waals surface area contributed by atoms with Gasteiger partial charge in [0, 0.05) is 25.7 Å². The number of halogens is 1. The minimum Gasteiger partial charge on any atom is -0.372 e. The van der Waals surface area contributed by atoms with Gasteiger partial charge in [0.1, 0.15) is 5.82 Å². The van der Waals surface area contributed by atoms with Crippen LogP contribution in [0.25, 0.3) is 0 Å². The lowest BCUT2D eigenvalue weighted by atomic mass is 10.1. The number of nitrogens with one attached hydrogen (secondary N) is 1. The van der Waals surface area contributed by atoms with E-state index in [2.05, 4.69) is 45.1 Å². The number of anilines is 1. The maximum atomic E-state index is 14.2. The highest BCUT2D eigenvalue weighted by atomic mass is 19.1. The highest BCUT2D eigenvalue weighted by molar-refractivity contribution is 5.48. The van der Waals surface area contributed by atoms with Gasteiger partial charge in [0.25, 0.3) is 0 Å². The lowest BCUT2D eigenvalue weighted by Crippen LogP contribution is -2.35. The zero-order valence-electron chi connectivity index (χ0n) is 14.3. The van der Waals surface area contributed by atoms with Gasteiger partial charge in [-0.05, 0) is 65.5 Å². The molecule has 1 aromatic rings. The molecule has 0 aliphatic rings. The van der Waals surface area contributed by atoms with E-state index in [0.29, 0.717) is 12.2 Å². The second-order valence-electron chi connectivity index (χ2n) is 6.97. The van der Waals surface area contributed by atoms with Crippen LogP contribution in [0.4, 0.5) is 10.1 Å². The Balaban J connectivity index is 2.60. The molecule has 0 spiro atoms. The number of hydrogen-bond acceptors (Lipinski definition) is 3. The Morgan fingerprint density at radius 1 is 1.10 bits per heavy atom. The van der Waals surface area contributed by atoms with E-state index >= 15 is 0 Å². The summed E-state index contributed by atoms with van der Waals surface area (Å²) in [5.41, 5.74) is 1.69. The summed E-state index contributed by atoms with van der Waals surface area (Å²) in [7, 11) is 6.05. The van der Waals surface area contributed by atoms with Gasteiger partial charge in [-0.15, -0.1) is 0 Å². The van der Waals surface area contributed by atoms with Crippen LogP contribution in [0, 0.1) is 5.82 Å². The molecule has 0 atom stereocenters. The van der Waals surface area contributed by atoms with E-state index in [0.717, 1.165) is 25.1 Å². The monoisotopic (exact) mass is 295 g/mol. The molecule has 0 fully saturated rings. The summed E-state index contributed by atoms with van der Waals surface area (Å²) in [5, 5.41) is 3.38. The molecule has 0 amide bonds. The summed E-state index contributed by atoms with van der Waals surface area (Å²) >= 11 is 0. The van der Waals surface area contributed by atoms with Crippen molar-refractivity contribution in [1.82, 2.24) is 10.2 Å². The van der Waals surface area contributed by atoms with Gasteiger partial charge in [-0.3, -0.25) is 0 Å². The summed E-state index contributed by atoms with van der Waals surface area (Å²) in [6, 6.07) is 5.51. The summed E-state index contributed by atoms with van der Waals surface area (Å²) in [6.07, 6.45) is 1.02. The fourth-order valence-corrected chi connectivity index (χ4v) is 2.08. The average Bonchev–Trinajstić information content (AvgIpc) is 2.35. The zero-order chi connectivity index (χ0) is 16.0. The first-order valence-corrected chi connectivity index (χ1v) is 7.58. The smallest absolute Gasteiger partial charge is 0.146 e. The molecule has 0 aliphatic heterocycles. The van der Waals surface area contributed by atoms with Crippen LogP contribution < -0.4 is 10.2 Å². The molecule has 1 rings (SSSR count). The number of hydrogen-bond donors (Lipinski definition) is 1. The third-order valence-corrected chi connectivity index (χ3v) is 3.35. The summed E-state index contributed by atoms with van der Waals surface area (Å²) in [6.45, 7) is 8.88. The topological polar surface area (TPSA) is 18.5 Å². The Labute approximate surface area is 129 Å². The molecule has 4 heteroatoms. The van der Waals surface area contributed by atoms with Crippen molar-refractivity contribution in [3.8, 4) is 0 Å². The van der Waals surface area contributed by atoms with Gasteiger partial charge >= 0.3 is 0 Å². The second-order valence-corrected chi connectivity index (χ2v) is 6.97. The molecule has 0 radical (unpaired) electrons. The van der Waals surface area contributed by atoms with Gasteiger partial charge in [0.05, 0.1) is 5.69 Å². The largest absolute Gasteiger partial charge is 0.372 e. The minimum absolute atomic E-state index is 0.0398. The van der Waals surface area contributed by atoms with Gasteiger partial charge in [-0.25, -0.2) is 4.39 Å². The summed E-state index contributed by atoms with van der Waals surface area (Å²) < 4.78 is 14.2. The second kappa shape index (κ2) is 7.76. The maximum absolute atomic E-state index is 14.2. The molecule has 0 saturated carbocycles. The number of nitrogens with zero attached hydrogens (tertiary/aromatic N) is 2. The van der Waals surface area contributed by atoms with Crippen LogP contribution >= 0.6 is 0 Å². The first-order chi connectivity index (χ1) is 9.69. The Morgan fingerprint density at radius 2 is 1.76 bits per heavy atom. The fraction of sp³-hybridized carbons (Fsp3) is 0.647. The van der Waals surface area contributed by atoms with Gasteiger partial charge in [0.15, 0.2) is 0 Å². The Hall–Kier alpha value is -1.13. The van der Waals surface area contributed by atoms with Crippen LogP contribution in [0.1, 0.15) is 32.8 Å². The molecule has 3 nitrogen and oxygen atoms in total. The zero-order valence-corrected chi connectivity index (χ0v) is 14.3. The molecule has 0 aromatic heterocycles. The van der Waals surface area contributed by atoms with E-state index in [1.165, 1.54) is 0 Å². The van der Waals surface area contributed by atoms with Gasteiger partial charge in [-0.1, -0.05) is 6.07 Å². The minimum atomic E-state index is -0.143. The fourth-order valence-electron chi connectivity index (χ4n) is 2.08. The first-order valence-electron chi connectivity index (χ1n) is 7.58. The molecule has 0 heterocycles. The van der Waals surface area contributed by atoms with Gasteiger partial charge < -0.3 is 15.1 Å². The third kappa shape index (κ3) is 6.91. The van der Waals surface area contributed by atoms with E-state index in [4.69, 9.17) is 0 Å². The molecule has 0 saturated heterocycles. The summed E-state index contributed by atoms with van der Waals surface area (Å²) in [5.74, 6) is -0.143. The molecular weight excluding hydrogens is 265 g/mol.